The molecule has 1 aliphatic carbocycles. The summed E-state index contributed by atoms with van der Waals surface area (Å²) in [7, 11) is 0.0575. The normalized spacial score (nSPS) is 24.7. The van der Waals surface area contributed by atoms with Crippen LogP contribution < -0.4 is 9.46 Å². The smallest absolute Gasteiger partial charge is 0.406 e. The van der Waals surface area contributed by atoms with Crippen molar-refractivity contribution in [2.24, 2.45) is 5.92 Å². The number of rotatable bonds is 6. The van der Waals surface area contributed by atoms with Gasteiger partial charge in [-0.25, -0.2) is 13.1 Å². The van der Waals surface area contributed by atoms with E-state index in [1.54, 1.807) is 0 Å². The van der Waals surface area contributed by atoms with Gasteiger partial charge in [0.05, 0.1) is 4.90 Å². The van der Waals surface area contributed by atoms with Crippen molar-refractivity contribution < 1.29 is 26.3 Å². The lowest BCUT2D eigenvalue weighted by Crippen LogP contribution is -2.55. The van der Waals surface area contributed by atoms with Crippen molar-refractivity contribution >= 4 is 10.0 Å². The summed E-state index contributed by atoms with van der Waals surface area (Å²) in [5, 5.41) is 0. The minimum atomic E-state index is -4.81. The molecule has 2 atom stereocenters. The van der Waals surface area contributed by atoms with Crippen LogP contribution in [0.4, 0.5) is 13.2 Å². The molecule has 9 heteroatoms. The maximum atomic E-state index is 12.5. The Labute approximate surface area is 152 Å². The van der Waals surface area contributed by atoms with Crippen molar-refractivity contribution in [3.05, 3.63) is 24.3 Å². The number of halogens is 3. The first kappa shape index (κ1) is 21.0. The molecule has 1 aromatic carbocycles. The Kier molecular flexibility index (Phi) is 6.24. The number of alkyl halides is 3. The molecule has 0 aliphatic heterocycles. The van der Waals surface area contributed by atoms with Gasteiger partial charge in [0, 0.05) is 12.1 Å². The van der Waals surface area contributed by atoms with E-state index in [-0.39, 0.29) is 17.0 Å². The van der Waals surface area contributed by atoms with Gasteiger partial charge in [-0.2, -0.15) is 0 Å². The number of ether oxygens (including phenoxy) is 1. The summed E-state index contributed by atoms with van der Waals surface area (Å²) >= 11 is 0. The minimum absolute atomic E-state index is 0.0928. The molecule has 0 radical (unpaired) electrons. The Hall–Kier alpha value is -1.32. The lowest BCUT2D eigenvalue weighted by atomic mass is 9.75. The quantitative estimate of drug-likeness (QED) is 0.804. The molecule has 0 amide bonds. The van der Waals surface area contributed by atoms with Crippen LogP contribution in [0.2, 0.25) is 0 Å². The second-order valence-electron chi connectivity index (χ2n) is 7.16. The van der Waals surface area contributed by atoms with Gasteiger partial charge in [0.2, 0.25) is 10.0 Å². The molecule has 0 spiro atoms. The van der Waals surface area contributed by atoms with E-state index in [2.05, 4.69) is 21.3 Å². The molecule has 148 valence electrons. The Bertz CT molecular complexity index is 705. The average Bonchev–Trinajstić information content (AvgIpc) is 2.52. The largest absolute Gasteiger partial charge is 0.573 e. The van der Waals surface area contributed by atoms with Gasteiger partial charge >= 0.3 is 6.36 Å². The van der Waals surface area contributed by atoms with Crippen LogP contribution in [0.25, 0.3) is 0 Å². The van der Waals surface area contributed by atoms with Crippen molar-refractivity contribution in [1.82, 2.24) is 9.62 Å². The first-order valence-corrected chi connectivity index (χ1v) is 9.95. The van der Waals surface area contributed by atoms with E-state index in [1.807, 2.05) is 14.1 Å². The van der Waals surface area contributed by atoms with Gasteiger partial charge in [-0.3, -0.25) is 0 Å². The van der Waals surface area contributed by atoms with Crippen LogP contribution in [0.5, 0.6) is 5.75 Å². The average molecular weight is 394 g/mol. The highest BCUT2D eigenvalue weighted by Gasteiger charge is 2.38. The molecular formula is C17H25F3N2O3S. The maximum absolute atomic E-state index is 12.5. The zero-order valence-electron chi connectivity index (χ0n) is 15.1. The Morgan fingerprint density at radius 2 is 1.88 bits per heavy atom. The van der Waals surface area contributed by atoms with Gasteiger partial charge in [0.15, 0.2) is 0 Å². The predicted molar refractivity (Wildman–Crippen MR) is 92.4 cm³/mol. The summed E-state index contributed by atoms with van der Waals surface area (Å²) in [6.45, 7) is 2.42. The van der Waals surface area contributed by atoms with Crippen molar-refractivity contribution in [2.75, 3.05) is 20.6 Å². The minimum Gasteiger partial charge on any atom is -0.406 e. The third kappa shape index (κ3) is 5.34. The number of sulfonamides is 1. The van der Waals surface area contributed by atoms with E-state index in [9.17, 15) is 21.6 Å². The van der Waals surface area contributed by atoms with Crippen molar-refractivity contribution in [2.45, 2.75) is 49.4 Å². The van der Waals surface area contributed by atoms with Crippen LogP contribution in [0.3, 0.4) is 0 Å². The van der Waals surface area contributed by atoms with E-state index in [1.165, 1.54) is 0 Å². The monoisotopic (exact) mass is 394 g/mol. The number of hydrogen-bond acceptors (Lipinski definition) is 4. The SMILES string of the molecule is C[C@@H]1CCC[C@](CNS(=O)(=O)c2ccc(OC(F)(F)F)cc2)(N(C)C)C1. The molecule has 2 rings (SSSR count). The molecule has 0 aromatic heterocycles. The van der Waals surface area contributed by atoms with Crippen LogP contribution in [0, 0.1) is 5.92 Å². The van der Waals surface area contributed by atoms with Crippen molar-refractivity contribution in [1.29, 1.82) is 0 Å². The molecule has 0 bridgehead atoms. The topological polar surface area (TPSA) is 58.6 Å². The summed E-state index contributed by atoms with van der Waals surface area (Å²) in [6.07, 6.45) is -0.867. The Morgan fingerprint density at radius 3 is 2.38 bits per heavy atom. The molecule has 1 saturated carbocycles. The highest BCUT2D eigenvalue weighted by molar-refractivity contribution is 7.89. The van der Waals surface area contributed by atoms with E-state index < -0.39 is 22.1 Å². The second-order valence-corrected chi connectivity index (χ2v) is 8.93. The van der Waals surface area contributed by atoms with E-state index >= 15 is 0 Å². The summed E-state index contributed by atoms with van der Waals surface area (Å²) in [5.41, 5.74) is -0.260. The first-order valence-electron chi connectivity index (χ1n) is 8.46. The third-order valence-electron chi connectivity index (χ3n) is 4.98. The molecule has 1 aromatic rings. The highest BCUT2D eigenvalue weighted by Crippen LogP contribution is 2.35. The fourth-order valence-corrected chi connectivity index (χ4v) is 4.61. The van der Waals surface area contributed by atoms with Crippen LogP contribution in [-0.2, 0) is 10.0 Å². The standard InChI is InChI=1S/C17H25F3N2O3S/c1-13-5-4-10-16(11-13,22(2)3)12-21-26(23,24)15-8-6-14(7-9-15)25-17(18,19)20/h6-9,13,21H,4-5,10-12H2,1-3H3/t13-,16+/m1/s1. The maximum Gasteiger partial charge on any atom is 0.573 e. The van der Waals surface area contributed by atoms with Gasteiger partial charge in [0.25, 0.3) is 0 Å². The van der Waals surface area contributed by atoms with Crippen molar-refractivity contribution in [3.8, 4) is 5.75 Å². The highest BCUT2D eigenvalue weighted by atomic mass is 32.2. The fraction of sp³-hybridized carbons (Fsp3) is 0.647. The molecule has 0 saturated heterocycles. The molecule has 1 fully saturated rings. The van der Waals surface area contributed by atoms with Crippen LogP contribution in [0.15, 0.2) is 29.2 Å². The summed E-state index contributed by atoms with van der Waals surface area (Å²) < 4.78 is 68.0. The molecule has 1 N–H and O–H groups in total. The predicted octanol–water partition coefficient (Wildman–Crippen LogP) is 3.37. The third-order valence-corrected chi connectivity index (χ3v) is 6.39. The number of nitrogens with one attached hydrogen (secondary N) is 1. The lowest BCUT2D eigenvalue weighted by molar-refractivity contribution is -0.274. The van der Waals surface area contributed by atoms with Crippen LogP contribution >= 0.6 is 0 Å². The lowest BCUT2D eigenvalue weighted by Gasteiger charge is -2.45. The van der Waals surface area contributed by atoms with E-state index in [4.69, 9.17) is 0 Å². The summed E-state index contributed by atoms with van der Waals surface area (Å²) in [4.78, 5) is 1.97. The van der Waals surface area contributed by atoms with Gasteiger partial charge in [0.1, 0.15) is 5.75 Å². The summed E-state index contributed by atoms with van der Waals surface area (Å²) in [5.74, 6) is 0.0526. The Balaban J connectivity index is 2.10. The molecular weight excluding hydrogens is 369 g/mol. The molecule has 1 aliphatic rings. The number of nitrogens with zero attached hydrogens (tertiary/aromatic N) is 1. The van der Waals surface area contributed by atoms with Gasteiger partial charge in [-0.15, -0.1) is 13.2 Å². The van der Waals surface area contributed by atoms with E-state index in [0.717, 1.165) is 49.9 Å². The van der Waals surface area contributed by atoms with Gasteiger partial charge in [-0.1, -0.05) is 19.8 Å². The van der Waals surface area contributed by atoms with E-state index in [0.29, 0.717) is 5.92 Å². The first-order chi connectivity index (χ1) is 11.9. The number of hydrogen-bond donors (Lipinski definition) is 1. The van der Waals surface area contributed by atoms with Crippen LogP contribution in [-0.4, -0.2) is 45.9 Å². The molecule has 5 nitrogen and oxygen atoms in total. The Morgan fingerprint density at radius 1 is 1.27 bits per heavy atom. The molecule has 0 unspecified atom stereocenters. The van der Waals surface area contributed by atoms with Crippen LogP contribution in [0.1, 0.15) is 32.6 Å². The van der Waals surface area contributed by atoms with Crippen molar-refractivity contribution in [3.63, 3.8) is 0 Å². The zero-order valence-corrected chi connectivity index (χ0v) is 16.0. The molecule has 0 heterocycles. The number of benzene rings is 1. The fourth-order valence-electron chi connectivity index (χ4n) is 3.49. The second kappa shape index (κ2) is 7.74. The summed E-state index contributed by atoms with van der Waals surface area (Å²) in [6, 6.07) is 4.20. The van der Waals surface area contributed by atoms with Gasteiger partial charge < -0.3 is 9.64 Å². The molecule has 26 heavy (non-hydrogen) atoms. The van der Waals surface area contributed by atoms with Gasteiger partial charge in [-0.05, 0) is 57.1 Å². The zero-order chi connectivity index (χ0) is 19.6. The number of likely N-dealkylation sites (N-methyl/N-ethyl adjacent to an activating group) is 1.